The Morgan fingerprint density at radius 2 is 1.78 bits per heavy atom. The maximum absolute atomic E-state index is 11.8. The minimum atomic E-state index is -0.489. The topological polar surface area (TPSA) is 68.2 Å². The predicted octanol–water partition coefficient (Wildman–Crippen LogP) is 6.18. The van der Waals surface area contributed by atoms with Crippen LogP contribution in [0.1, 0.15) is 69.7 Å². The van der Waals surface area contributed by atoms with E-state index in [1.807, 2.05) is 30.5 Å². The van der Waals surface area contributed by atoms with Crippen LogP contribution in [0.3, 0.4) is 0 Å². The number of H-pyrrole nitrogens is 1. The molecule has 0 radical (unpaired) electrons. The quantitative estimate of drug-likeness (QED) is 0.287. The van der Waals surface area contributed by atoms with Crippen molar-refractivity contribution in [1.82, 2.24) is 4.98 Å². The van der Waals surface area contributed by atoms with Gasteiger partial charge in [-0.25, -0.2) is 0 Å². The standard InChI is InChI=1S/C27H32N2O3/c1-8-13-32-25-20(14-18(26(2,3)4)15-23(25)27(5,6)7)22(17-29(30)31)21-16-28-24-12-10-9-11-19(21)24/h1,9-12,14-16,22,28H,13,17H2,2-7H3/t22-/m1/s1. The Bertz CT molecular complexity index is 1170. The van der Waals surface area contributed by atoms with Gasteiger partial charge < -0.3 is 9.72 Å². The van der Waals surface area contributed by atoms with Gasteiger partial charge in [0.25, 0.3) is 0 Å². The summed E-state index contributed by atoms with van der Waals surface area (Å²) in [4.78, 5) is 14.8. The van der Waals surface area contributed by atoms with Crippen LogP contribution in [0.15, 0.2) is 42.6 Å². The number of nitro groups is 1. The summed E-state index contributed by atoms with van der Waals surface area (Å²) in [5, 5.41) is 12.8. The molecule has 32 heavy (non-hydrogen) atoms. The first kappa shape index (κ1) is 23.4. The van der Waals surface area contributed by atoms with Gasteiger partial charge in [-0.3, -0.25) is 10.1 Å². The number of hydrogen-bond acceptors (Lipinski definition) is 3. The van der Waals surface area contributed by atoms with E-state index >= 15 is 0 Å². The van der Waals surface area contributed by atoms with Crippen LogP contribution in [0.2, 0.25) is 0 Å². The molecule has 3 rings (SSSR count). The molecule has 3 aromatic rings. The van der Waals surface area contributed by atoms with Crippen LogP contribution in [0.4, 0.5) is 0 Å². The van der Waals surface area contributed by atoms with Gasteiger partial charge in [0.05, 0.1) is 5.92 Å². The van der Waals surface area contributed by atoms with Gasteiger partial charge in [0.1, 0.15) is 12.4 Å². The van der Waals surface area contributed by atoms with Crippen LogP contribution >= 0.6 is 0 Å². The van der Waals surface area contributed by atoms with Crippen molar-refractivity contribution in [1.29, 1.82) is 0 Å². The average molecular weight is 433 g/mol. The second-order valence-corrected chi connectivity index (χ2v) is 10.3. The van der Waals surface area contributed by atoms with E-state index in [0.717, 1.165) is 33.2 Å². The highest BCUT2D eigenvalue weighted by Crippen LogP contribution is 2.44. The molecule has 1 atom stereocenters. The molecule has 1 aromatic heterocycles. The van der Waals surface area contributed by atoms with E-state index in [4.69, 9.17) is 11.2 Å². The minimum Gasteiger partial charge on any atom is -0.480 e. The van der Waals surface area contributed by atoms with Crippen molar-refractivity contribution in [2.75, 3.05) is 13.2 Å². The molecule has 0 amide bonds. The van der Waals surface area contributed by atoms with Gasteiger partial charge in [0.2, 0.25) is 6.54 Å². The number of benzene rings is 2. The molecular formula is C27H32N2O3. The zero-order chi connectivity index (χ0) is 23.7. The largest absolute Gasteiger partial charge is 0.480 e. The van der Waals surface area contributed by atoms with E-state index in [2.05, 4.69) is 64.6 Å². The Labute approximate surface area is 190 Å². The lowest BCUT2D eigenvalue weighted by Gasteiger charge is -2.30. The molecule has 0 fully saturated rings. The Balaban J connectivity index is 2.38. The summed E-state index contributed by atoms with van der Waals surface area (Å²) in [5.74, 6) is 2.71. The number of fused-ring (bicyclic) bond motifs is 1. The third-order valence-electron chi connectivity index (χ3n) is 5.80. The summed E-state index contributed by atoms with van der Waals surface area (Å²) in [6.45, 7) is 12.7. The molecule has 0 aliphatic carbocycles. The number of hydrogen-bond donors (Lipinski definition) is 1. The SMILES string of the molecule is C#CCOc1c([C@@H](C[N+](=O)[O-])c2c[nH]c3ccccc23)cc(C(C)(C)C)cc1C(C)(C)C. The second-order valence-electron chi connectivity index (χ2n) is 10.3. The van der Waals surface area contributed by atoms with E-state index in [-0.39, 0.29) is 28.9 Å². The number of para-hydroxylation sites is 1. The van der Waals surface area contributed by atoms with Crippen molar-refractivity contribution in [2.45, 2.75) is 58.3 Å². The first-order chi connectivity index (χ1) is 14.9. The molecule has 1 heterocycles. The fourth-order valence-corrected chi connectivity index (χ4v) is 4.07. The van der Waals surface area contributed by atoms with Crippen LogP contribution in [0, 0.1) is 22.5 Å². The smallest absolute Gasteiger partial charge is 0.214 e. The summed E-state index contributed by atoms with van der Waals surface area (Å²) in [6.07, 6.45) is 7.40. The summed E-state index contributed by atoms with van der Waals surface area (Å²) in [6, 6.07) is 12.1. The maximum Gasteiger partial charge on any atom is 0.214 e. The lowest BCUT2D eigenvalue weighted by atomic mass is 9.76. The van der Waals surface area contributed by atoms with Gasteiger partial charge >= 0.3 is 0 Å². The van der Waals surface area contributed by atoms with Crippen molar-refractivity contribution in [2.24, 2.45) is 0 Å². The molecule has 0 saturated heterocycles. The summed E-state index contributed by atoms with van der Waals surface area (Å²) < 4.78 is 6.12. The Kier molecular flexibility index (Phi) is 6.37. The highest BCUT2D eigenvalue weighted by Gasteiger charge is 2.32. The zero-order valence-corrected chi connectivity index (χ0v) is 19.8. The van der Waals surface area contributed by atoms with E-state index in [1.165, 1.54) is 0 Å². The van der Waals surface area contributed by atoms with E-state index in [9.17, 15) is 10.1 Å². The number of rotatable bonds is 6. The highest BCUT2D eigenvalue weighted by molar-refractivity contribution is 5.84. The van der Waals surface area contributed by atoms with Crippen LogP contribution in [0.5, 0.6) is 5.75 Å². The van der Waals surface area contributed by atoms with Gasteiger partial charge in [-0.05, 0) is 28.0 Å². The molecule has 0 spiro atoms. The van der Waals surface area contributed by atoms with Crippen LogP contribution < -0.4 is 4.74 Å². The normalized spacial score (nSPS) is 13.0. The molecule has 0 aliphatic heterocycles. The van der Waals surface area contributed by atoms with Gasteiger partial charge in [0, 0.05) is 33.1 Å². The second kappa shape index (κ2) is 8.70. The Morgan fingerprint density at radius 1 is 1.09 bits per heavy atom. The van der Waals surface area contributed by atoms with E-state index < -0.39 is 5.92 Å². The maximum atomic E-state index is 11.8. The monoisotopic (exact) mass is 432 g/mol. The van der Waals surface area contributed by atoms with Crippen molar-refractivity contribution in [3.63, 3.8) is 0 Å². The zero-order valence-electron chi connectivity index (χ0n) is 19.8. The number of nitrogens with zero attached hydrogens (tertiary/aromatic N) is 1. The first-order valence-corrected chi connectivity index (χ1v) is 10.9. The average Bonchev–Trinajstić information content (AvgIpc) is 3.12. The van der Waals surface area contributed by atoms with Gasteiger partial charge in [-0.2, -0.15) is 0 Å². The molecule has 0 saturated carbocycles. The van der Waals surface area contributed by atoms with Crippen molar-refractivity contribution in [3.8, 4) is 18.1 Å². The third-order valence-corrected chi connectivity index (χ3v) is 5.80. The molecule has 5 nitrogen and oxygen atoms in total. The van der Waals surface area contributed by atoms with Crippen LogP contribution in [-0.2, 0) is 10.8 Å². The van der Waals surface area contributed by atoms with Crippen LogP contribution in [-0.4, -0.2) is 23.1 Å². The van der Waals surface area contributed by atoms with Gasteiger partial charge in [-0.1, -0.05) is 77.8 Å². The lowest BCUT2D eigenvalue weighted by molar-refractivity contribution is -0.481. The highest BCUT2D eigenvalue weighted by atomic mass is 16.6. The first-order valence-electron chi connectivity index (χ1n) is 10.9. The molecule has 0 unspecified atom stereocenters. The number of aromatic amines is 1. The van der Waals surface area contributed by atoms with Crippen molar-refractivity contribution < 1.29 is 9.66 Å². The van der Waals surface area contributed by atoms with Gasteiger partial charge in [0.15, 0.2) is 0 Å². The Morgan fingerprint density at radius 3 is 2.38 bits per heavy atom. The summed E-state index contributed by atoms with van der Waals surface area (Å²) in [5.41, 5.74) is 4.37. The van der Waals surface area contributed by atoms with E-state index in [0.29, 0.717) is 5.75 Å². The third kappa shape index (κ3) is 4.80. The lowest BCUT2D eigenvalue weighted by Crippen LogP contribution is -2.22. The predicted molar refractivity (Wildman–Crippen MR) is 130 cm³/mol. The Hall–Kier alpha value is -3.26. The van der Waals surface area contributed by atoms with Crippen molar-refractivity contribution in [3.05, 3.63) is 75.0 Å². The van der Waals surface area contributed by atoms with E-state index in [1.54, 1.807) is 0 Å². The molecule has 168 valence electrons. The number of ether oxygens (including phenoxy) is 1. The van der Waals surface area contributed by atoms with Crippen LogP contribution in [0.25, 0.3) is 10.9 Å². The molecular weight excluding hydrogens is 400 g/mol. The minimum absolute atomic E-state index is 0.101. The fourth-order valence-electron chi connectivity index (χ4n) is 4.07. The van der Waals surface area contributed by atoms with Gasteiger partial charge in [-0.15, -0.1) is 6.42 Å². The molecule has 0 bridgehead atoms. The number of aromatic nitrogens is 1. The molecule has 2 aromatic carbocycles. The summed E-state index contributed by atoms with van der Waals surface area (Å²) >= 11 is 0. The summed E-state index contributed by atoms with van der Waals surface area (Å²) in [7, 11) is 0. The van der Waals surface area contributed by atoms with Crippen molar-refractivity contribution >= 4 is 10.9 Å². The number of terminal acetylenes is 1. The fraction of sp³-hybridized carbons (Fsp3) is 0.407. The molecule has 0 aliphatic rings. The molecule has 1 N–H and O–H groups in total. The number of nitrogens with one attached hydrogen (secondary N) is 1. The molecule has 5 heteroatoms.